The molecule has 14 heavy (non-hydrogen) atoms. The lowest BCUT2D eigenvalue weighted by Gasteiger charge is -2.39. The molecule has 0 saturated heterocycles. The Morgan fingerprint density at radius 2 is 1.93 bits per heavy atom. The molecule has 76 valence electrons. The zero-order valence-electron chi connectivity index (χ0n) is 8.59. The monoisotopic (exact) mass is 191 g/mol. The van der Waals surface area contributed by atoms with Crippen molar-refractivity contribution < 1.29 is 5.11 Å². The van der Waals surface area contributed by atoms with Crippen LogP contribution in [0.2, 0.25) is 0 Å². The third-order valence-corrected chi connectivity index (χ3v) is 3.11. The molecule has 2 rings (SSSR count). The van der Waals surface area contributed by atoms with Crippen LogP contribution in [0.4, 0.5) is 0 Å². The van der Waals surface area contributed by atoms with Crippen molar-refractivity contribution in [3.05, 3.63) is 29.8 Å². The van der Waals surface area contributed by atoms with E-state index in [0.717, 1.165) is 6.54 Å². The molecule has 1 fully saturated rings. The summed E-state index contributed by atoms with van der Waals surface area (Å²) in [4.78, 5) is 0. The minimum atomic E-state index is 0.337. The zero-order valence-corrected chi connectivity index (χ0v) is 8.59. The van der Waals surface area contributed by atoms with Crippen molar-refractivity contribution in [2.45, 2.75) is 38.3 Å². The van der Waals surface area contributed by atoms with Crippen LogP contribution in [-0.2, 0) is 6.54 Å². The molecule has 2 nitrogen and oxygen atoms in total. The zero-order chi connectivity index (χ0) is 10.0. The molecule has 0 amide bonds. The van der Waals surface area contributed by atoms with Gasteiger partial charge in [0.25, 0.3) is 0 Å². The quantitative estimate of drug-likeness (QED) is 0.769. The van der Waals surface area contributed by atoms with Crippen molar-refractivity contribution in [3.8, 4) is 5.75 Å². The molecule has 2 N–H and O–H groups in total. The third-order valence-electron chi connectivity index (χ3n) is 3.11. The Kier molecular flexibility index (Phi) is 2.46. The number of phenolic OH excluding ortho intramolecular Hbond substituents is 1. The second kappa shape index (κ2) is 3.62. The van der Waals surface area contributed by atoms with Crippen molar-refractivity contribution in [2.24, 2.45) is 0 Å². The van der Waals surface area contributed by atoms with Crippen LogP contribution < -0.4 is 5.32 Å². The summed E-state index contributed by atoms with van der Waals surface area (Å²) in [5.41, 5.74) is 1.59. The first-order chi connectivity index (χ1) is 6.68. The van der Waals surface area contributed by atoms with Gasteiger partial charge in [-0.05, 0) is 43.9 Å². The standard InChI is InChI=1S/C12H17NO/c1-12(7-2-8-12)13-9-10-3-5-11(14)6-4-10/h3-6,13-14H,2,7-9H2,1H3. The van der Waals surface area contributed by atoms with Crippen LogP contribution in [0.5, 0.6) is 5.75 Å². The molecule has 1 aliphatic carbocycles. The molecule has 1 aliphatic rings. The topological polar surface area (TPSA) is 32.3 Å². The van der Waals surface area contributed by atoms with E-state index in [1.165, 1.54) is 24.8 Å². The first-order valence-corrected chi connectivity index (χ1v) is 5.21. The molecule has 0 radical (unpaired) electrons. The highest BCUT2D eigenvalue weighted by atomic mass is 16.3. The Hall–Kier alpha value is -1.02. The van der Waals surface area contributed by atoms with Crippen molar-refractivity contribution in [3.63, 3.8) is 0 Å². The van der Waals surface area contributed by atoms with E-state index in [1.807, 2.05) is 12.1 Å². The number of rotatable bonds is 3. The molecule has 1 saturated carbocycles. The molecule has 1 aromatic carbocycles. The molecule has 0 spiro atoms. The molecular weight excluding hydrogens is 174 g/mol. The van der Waals surface area contributed by atoms with Crippen molar-refractivity contribution in [2.75, 3.05) is 0 Å². The Balaban J connectivity index is 1.88. The Morgan fingerprint density at radius 1 is 1.29 bits per heavy atom. The first kappa shape index (κ1) is 9.53. The second-order valence-electron chi connectivity index (χ2n) is 4.43. The van der Waals surface area contributed by atoms with Crippen LogP contribution in [0.15, 0.2) is 24.3 Å². The maximum absolute atomic E-state index is 9.12. The summed E-state index contributed by atoms with van der Waals surface area (Å²) < 4.78 is 0. The Morgan fingerprint density at radius 3 is 2.43 bits per heavy atom. The van der Waals surface area contributed by atoms with Gasteiger partial charge in [-0.3, -0.25) is 0 Å². The van der Waals surface area contributed by atoms with E-state index >= 15 is 0 Å². The lowest BCUT2D eigenvalue weighted by molar-refractivity contribution is 0.207. The first-order valence-electron chi connectivity index (χ1n) is 5.21. The minimum absolute atomic E-state index is 0.337. The maximum atomic E-state index is 9.12. The van der Waals surface area contributed by atoms with Crippen molar-refractivity contribution in [1.29, 1.82) is 0 Å². The van der Waals surface area contributed by atoms with Gasteiger partial charge in [-0.25, -0.2) is 0 Å². The summed E-state index contributed by atoms with van der Waals surface area (Å²) in [7, 11) is 0. The van der Waals surface area contributed by atoms with Crippen LogP contribution in [0.1, 0.15) is 31.7 Å². The van der Waals surface area contributed by atoms with Crippen LogP contribution in [0.3, 0.4) is 0 Å². The fourth-order valence-corrected chi connectivity index (χ4v) is 1.81. The predicted octanol–water partition coefficient (Wildman–Crippen LogP) is 2.42. The van der Waals surface area contributed by atoms with Crippen molar-refractivity contribution in [1.82, 2.24) is 5.32 Å². The molecule has 1 aromatic rings. The van der Waals surface area contributed by atoms with E-state index in [2.05, 4.69) is 12.2 Å². The van der Waals surface area contributed by atoms with E-state index in [-0.39, 0.29) is 0 Å². The van der Waals surface area contributed by atoms with Gasteiger partial charge in [0.2, 0.25) is 0 Å². The summed E-state index contributed by atoms with van der Waals surface area (Å²) >= 11 is 0. The van der Waals surface area contributed by atoms with Gasteiger partial charge in [-0.1, -0.05) is 12.1 Å². The van der Waals surface area contributed by atoms with Gasteiger partial charge in [0.05, 0.1) is 0 Å². The summed E-state index contributed by atoms with van der Waals surface area (Å²) in [6, 6.07) is 7.40. The fraction of sp³-hybridized carbons (Fsp3) is 0.500. The highest BCUT2D eigenvalue weighted by Gasteiger charge is 2.30. The highest BCUT2D eigenvalue weighted by molar-refractivity contribution is 5.25. The lowest BCUT2D eigenvalue weighted by atomic mass is 9.78. The number of aromatic hydroxyl groups is 1. The molecule has 0 atom stereocenters. The smallest absolute Gasteiger partial charge is 0.115 e. The van der Waals surface area contributed by atoms with Gasteiger partial charge >= 0.3 is 0 Å². The Labute approximate surface area is 85.0 Å². The largest absolute Gasteiger partial charge is 0.508 e. The summed E-state index contributed by atoms with van der Waals surface area (Å²) in [6.07, 6.45) is 3.91. The predicted molar refractivity (Wildman–Crippen MR) is 57.2 cm³/mol. The number of hydrogen-bond donors (Lipinski definition) is 2. The average Bonchev–Trinajstić information content (AvgIpc) is 2.14. The van der Waals surface area contributed by atoms with Gasteiger partial charge in [0, 0.05) is 12.1 Å². The number of benzene rings is 1. The Bertz CT molecular complexity index is 301. The van der Waals surface area contributed by atoms with Crippen LogP contribution >= 0.6 is 0 Å². The summed E-state index contributed by atoms with van der Waals surface area (Å²) in [5, 5.41) is 12.7. The molecule has 0 heterocycles. The molecule has 0 unspecified atom stereocenters. The average molecular weight is 191 g/mol. The summed E-state index contributed by atoms with van der Waals surface area (Å²) in [6.45, 7) is 3.17. The van der Waals surface area contributed by atoms with Gasteiger partial charge in [-0.2, -0.15) is 0 Å². The maximum Gasteiger partial charge on any atom is 0.115 e. The number of hydrogen-bond acceptors (Lipinski definition) is 2. The van der Waals surface area contributed by atoms with Gasteiger partial charge in [0.15, 0.2) is 0 Å². The van der Waals surface area contributed by atoms with E-state index in [0.29, 0.717) is 11.3 Å². The van der Waals surface area contributed by atoms with Crippen LogP contribution in [0, 0.1) is 0 Å². The lowest BCUT2D eigenvalue weighted by Crippen LogP contribution is -2.47. The SMILES string of the molecule is CC1(NCc2ccc(O)cc2)CCC1. The molecule has 0 aliphatic heterocycles. The van der Waals surface area contributed by atoms with Crippen molar-refractivity contribution >= 4 is 0 Å². The number of nitrogens with one attached hydrogen (secondary N) is 1. The number of phenols is 1. The molecule has 2 heteroatoms. The second-order valence-corrected chi connectivity index (χ2v) is 4.43. The van der Waals surface area contributed by atoms with Gasteiger partial charge in [0.1, 0.15) is 5.75 Å². The van der Waals surface area contributed by atoms with Gasteiger partial charge < -0.3 is 10.4 Å². The molecular formula is C12H17NO. The minimum Gasteiger partial charge on any atom is -0.508 e. The normalized spacial score (nSPS) is 18.9. The van der Waals surface area contributed by atoms with Crippen LogP contribution in [0.25, 0.3) is 0 Å². The van der Waals surface area contributed by atoms with E-state index < -0.39 is 0 Å². The van der Waals surface area contributed by atoms with Crippen LogP contribution in [-0.4, -0.2) is 10.6 Å². The fourth-order valence-electron chi connectivity index (χ4n) is 1.81. The third kappa shape index (κ3) is 2.07. The molecule has 0 aromatic heterocycles. The van der Waals surface area contributed by atoms with E-state index in [1.54, 1.807) is 12.1 Å². The van der Waals surface area contributed by atoms with E-state index in [4.69, 9.17) is 5.11 Å². The molecule has 0 bridgehead atoms. The van der Waals surface area contributed by atoms with E-state index in [9.17, 15) is 0 Å². The highest BCUT2D eigenvalue weighted by Crippen LogP contribution is 2.31. The van der Waals surface area contributed by atoms with Gasteiger partial charge in [-0.15, -0.1) is 0 Å². The summed E-state index contributed by atoms with van der Waals surface area (Å²) in [5.74, 6) is 0.337.